The van der Waals surface area contributed by atoms with E-state index in [0.717, 1.165) is 16.8 Å². The summed E-state index contributed by atoms with van der Waals surface area (Å²) < 4.78 is 0. The van der Waals surface area contributed by atoms with Gasteiger partial charge in [0.15, 0.2) is 0 Å². The molecule has 1 amide bonds. The standard InChI is InChI=1S/C16H14ClN3O/c17-14-8-12(4-5-13(14)16(18)21)20-9-11-3-1-2-10-6-7-19-15(10)11/h1-8,19-20H,9H2,(H2,18,21). The Hall–Kier alpha value is -2.46. The number of carbonyl (C=O) groups excluding carboxylic acids is 1. The minimum Gasteiger partial charge on any atom is -0.381 e. The number of halogens is 1. The molecule has 0 unspecified atom stereocenters. The summed E-state index contributed by atoms with van der Waals surface area (Å²) >= 11 is 6.04. The summed E-state index contributed by atoms with van der Waals surface area (Å²) in [5.74, 6) is -0.525. The first-order chi connectivity index (χ1) is 10.1. The maximum absolute atomic E-state index is 11.1. The number of hydrogen-bond donors (Lipinski definition) is 3. The van der Waals surface area contributed by atoms with Crippen LogP contribution in [0.25, 0.3) is 10.9 Å². The van der Waals surface area contributed by atoms with Gasteiger partial charge in [-0.2, -0.15) is 0 Å². The summed E-state index contributed by atoms with van der Waals surface area (Å²) in [6.07, 6.45) is 1.92. The first kappa shape index (κ1) is 13.5. The molecule has 4 nitrogen and oxygen atoms in total. The van der Waals surface area contributed by atoms with Gasteiger partial charge in [-0.25, -0.2) is 0 Å². The van der Waals surface area contributed by atoms with Gasteiger partial charge in [-0.1, -0.05) is 29.8 Å². The van der Waals surface area contributed by atoms with Gasteiger partial charge in [-0.3, -0.25) is 4.79 Å². The number of aromatic nitrogens is 1. The predicted molar refractivity (Wildman–Crippen MR) is 85.6 cm³/mol. The van der Waals surface area contributed by atoms with Crippen molar-refractivity contribution in [1.29, 1.82) is 0 Å². The summed E-state index contributed by atoms with van der Waals surface area (Å²) in [5, 5.41) is 4.82. The number of rotatable bonds is 4. The lowest BCUT2D eigenvalue weighted by Crippen LogP contribution is -2.11. The molecule has 1 aromatic heterocycles. The van der Waals surface area contributed by atoms with E-state index in [4.69, 9.17) is 17.3 Å². The SMILES string of the molecule is NC(=O)c1ccc(NCc2cccc3cc[nH]c23)cc1Cl. The fraction of sp³-hybridized carbons (Fsp3) is 0.0625. The Morgan fingerprint density at radius 3 is 2.86 bits per heavy atom. The lowest BCUT2D eigenvalue weighted by atomic mass is 10.1. The molecule has 4 N–H and O–H groups in total. The minimum absolute atomic E-state index is 0.327. The van der Waals surface area contributed by atoms with Gasteiger partial charge in [0, 0.05) is 18.4 Å². The van der Waals surface area contributed by atoms with E-state index >= 15 is 0 Å². The summed E-state index contributed by atoms with van der Waals surface area (Å²) in [4.78, 5) is 14.4. The van der Waals surface area contributed by atoms with Crippen molar-refractivity contribution in [1.82, 2.24) is 4.98 Å². The van der Waals surface area contributed by atoms with Crippen molar-refractivity contribution in [2.75, 3.05) is 5.32 Å². The number of aromatic amines is 1. The van der Waals surface area contributed by atoms with E-state index in [0.29, 0.717) is 17.1 Å². The topological polar surface area (TPSA) is 70.9 Å². The van der Waals surface area contributed by atoms with Crippen LogP contribution in [-0.2, 0) is 6.54 Å². The van der Waals surface area contributed by atoms with Crippen LogP contribution < -0.4 is 11.1 Å². The van der Waals surface area contributed by atoms with Crippen LogP contribution in [0.2, 0.25) is 5.02 Å². The lowest BCUT2D eigenvalue weighted by molar-refractivity contribution is 0.100. The van der Waals surface area contributed by atoms with Crippen LogP contribution in [0.3, 0.4) is 0 Å². The highest BCUT2D eigenvalue weighted by atomic mass is 35.5. The van der Waals surface area contributed by atoms with E-state index in [-0.39, 0.29) is 0 Å². The van der Waals surface area contributed by atoms with Crippen LogP contribution in [0.5, 0.6) is 0 Å². The van der Waals surface area contributed by atoms with Crippen molar-refractivity contribution in [2.45, 2.75) is 6.54 Å². The van der Waals surface area contributed by atoms with Crippen LogP contribution in [-0.4, -0.2) is 10.9 Å². The van der Waals surface area contributed by atoms with Gasteiger partial charge in [0.2, 0.25) is 5.91 Å². The Bertz CT molecular complexity index is 810. The second-order valence-corrected chi connectivity index (χ2v) is 5.18. The molecule has 106 valence electrons. The summed E-state index contributed by atoms with van der Waals surface area (Å²) in [6, 6.07) is 13.3. The van der Waals surface area contributed by atoms with Gasteiger partial charge in [-0.15, -0.1) is 0 Å². The average molecular weight is 300 g/mol. The number of primary amides is 1. The van der Waals surface area contributed by atoms with E-state index < -0.39 is 5.91 Å². The predicted octanol–water partition coefficient (Wildman–Crippen LogP) is 3.53. The highest BCUT2D eigenvalue weighted by Gasteiger charge is 2.07. The van der Waals surface area contributed by atoms with Gasteiger partial charge in [0.1, 0.15) is 0 Å². The van der Waals surface area contributed by atoms with Crippen LogP contribution in [0, 0.1) is 0 Å². The maximum atomic E-state index is 11.1. The van der Waals surface area contributed by atoms with Crippen molar-refractivity contribution < 1.29 is 4.79 Å². The van der Waals surface area contributed by atoms with Crippen LogP contribution in [0.1, 0.15) is 15.9 Å². The fourth-order valence-corrected chi connectivity index (χ4v) is 2.59. The number of fused-ring (bicyclic) bond motifs is 1. The third-order valence-corrected chi connectivity index (χ3v) is 3.70. The van der Waals surface area contributed by atoms with Gasteiger partial charge in [0.25, 0.3) is 0 Å². The highest BCUT2D eigenvalue weighted by Crippen LogP contribution is 2.22. The molecule has 21 heavy (non-hydrogen) atoms. The molecule has 0 spiro atoms. The second-order valence-electron chi connectivity index (χ2n) is 4.77. The van der Waals surface area contributed by atoms with Gasteiger partial charge < -0.3 is 16.0 Å². The molecule has 3 rings (SSSR count). The molecule has 0 aliphatic rings. The van der Waals surface area contributed by atoms with E-state index in [1.165, 1.54) is 5.39 Å². The molecule has 0 bridgehead atoms. The zero-order valence-corrected chi connectivity index (χ0v) is 11.9. The molecule has 0 atom stereocenters. The molecule has 2 aromatic carbocycles. The van der Waals surface area contributed by atoms with Crippen molar-refractivity contribution in [3.8, 4) is 0 Å². The summed E-state index contributed by atoms with van der Waals surface area (Å²) in [6.45, 7) is 0.657. The number of para-hydroxylation sites is 1. The van der Waals surface area contributed by atoms with Crippen molar-refractivity contribution >= 4 is 34.1 Å². The Morgan fingerprint density at radius 1 is 1.24 bits per heavy atom. The Balaban J connectivity index is 1.80. The summed E-state index contributed by atoms with van der Waals surface area (Å²) in [5.41, 5.74) is 8.68. The van der Waals surface area contributed by atoms with E-state index in [9.17, 15) is 4.79 Å². The minimum atomic E-state index is -0.525. The van der Waals surface area contributed by atoms with Gasteiger partial charge >= 0.3 is 0 Å². The first-order valence-electron chi connectivity index (χ1n) is 6.53. The highest BCUT2D eigenvalue weighted by molar-refractivity contribution is 6.34. The van der Waals surface area contributed by atoms with Gasteiger partial charge in [0.05, 0.1) is 16.1 Å². The molecule has 5 heteroatoms. The number of hydrogen-bond acceptors (Lipinski definition) is 2. The molecule has 0 radical (unpaired) electrons. The maximum Gasteiger partial charge on any atom is 0.250 e. The Morgan fingerprint density at radius 2 is 2.10 bits per heavy atom. The van der Waals surface area contributed by atoms with Crippen LogP contribution in [0.4, 0.5) is 5.69 Å². The molecule has 0 fully saturated rings. The lowest BCUT2D eigenvalue weighted by Gasteiger charge is -2.09. The number of nitrogens with two attached hydrogens (primary N) is 1. The normalized spacial score (nSPS) is 10.7. The van der Waals surface area contributed by atoms with E-state index in [1.54, 1.807) is 18.2 Å². The van der Waals surface area contributed by atoms with E-state index in [1.807, 2.05) is 18.3 Å². The third kappa shape index (κ3) is 2.71. The van der Waals surface area contributed by atoms with E-state index in [2.05, 4.69) is 22.4 Å². The Labute approximate surface area is 126 Å². The van der Waals surface area contributed by atoms with Crippen molar-refractivity contribution in [2.24, 2.45) is 5.73 Å². The number of benzene rings is 2. The zero-order chi connectivity index (χ0) is 14.8. The Kier molecular flexibility index (Phi) is 3.54. The molecule has 0 saturated heterocycles. The number of carbonyl (C=O) groups is 1. The van der Waals surface area contributed by atoms with Crippen molar-refractivity contribution in [3.05, 3.63) is 64.8 Å². The number of nitrogens with one attached hydrogen (secondary N) is 2. The fourth-order valence-electron chi connectivity index (χ4n) is 2.32. The van der Waals surface area contributed by atoms with Gasteiger partial charge in [-0.05, 0) is 35.2 Å². The van der Waals surface area contributed by atoms with Crippen molar-refractivity contribution in [3.63, 3.8) is 0 Å². The summed E-state index contributed by atoms with van der Waals surface area (Å²) in [7, 11) is 0. The second kappa shape index (κ2) is 5.50. The number of H-pyrrole nitrogens is 1. The van der Waals surface area contributed by atoms with Crippen LogP contribution in [0.15, 0.2) is 48.7 Å². The third-order valence-electron chi connectivity index (χ3n) is 3.39. The number of amides is 1. The average Bonchev–Trinajstić information content (AvgIpc) is 2.93. The molecular formula is C16H14ClN3O. The first-order valence-corrected chi connectivity index (χ1v) is 6.91. The quantitative estimate of drug-likeness (QED) is 0.689. The smallest absolute Gasteiger partial charge is 0.250 e. The zero-order valence-electron chi connectivity index (χ0n) is 11.2. The molecular weight excluding hydrogens is 286 g/mol. The molecule has 0 saturated carbocycles. The van der Waals surface area contributed by atoms with Crippen LogP contribution >= 0.6 is 11.6 Å². The monoisotopic (exact) mass is 299 g/mol. The molecule has 3 aromatic rings. The molecule has 1 heterocycles. The molecule has 0 aliphatic heterocycles. The number of anilines is 1. The molecule has 0 aliphatic carbocycles. The largest absolute Gasteiger partial charge is 0.381 e.